The lowest BCUT2D eigenvalue weighted by Crippen LogP contribution is -2.49. The molecule has 0 radical (unpaired) electrons. The zero-order chi connectivity index (χ0) is 23.1. The SMILES string of the molecule is CC1CCCC(C)N1C(=O)COC(=O)c1ccccc1SCC(=O)N(C)C1CCCCC1. The summed E-state index contributed by atoms with van der Waals surface area (Å²) in [5.74, 6) is -0.313. The van der Waals surface area contributed by atoms with Crippen LogP contribution in [0.3, 0.4) is 0 Å². The first-order valence-corrected chi connectivity index (χ1v) is 12.8. The van der Waals surface area contributed by atoms with Crippen LogP contribution in [0.25, 0.3) is 0 Å². The fourth-order valence-electron chi connectivity index (χ4n) is 4.87. The average Bonchev–Trinajstić information content (AvgIpc) is 2.81. The van der Waals surface area contributed by atoms with Gasteiger partial charge < -0.3 is 14.5 Å². The minimum absolute atomic E-state index is 0.0771. The van der Waals surface area contributed by atoms with Crippen LogP contribution in [0.5, 0.6) is 0 Å². The third-order valence-electron chi connectivity index (χ3n) is 6.78. The van der Waals surface area contributed by atoms with Crippen LogP contribution in [0.15, 0.2) is 29.2 Å². The predicted octanol–water partition coefficient (Wildman–Crippen LogP) is 4.52. The Bertz CT molecular complexity index is 799. The number of hydrogen-bond acceptors (Lipinski definition) is 5. The van der Waals surface area contributed by atoms with Gasteiger partial charge in [-0.1, -0.05) is 31.4 Å². The lowest BCUT2D eigenvalue weighted by molar-refractivity contribution is -0.140. The second-order valence-electron chi connectivity index (χ2n) is 9.09. The number of rotatable bonds is 7. The number of benzene rings is 1. The molecule has 1 saturated heterocycles. The van der Waals surface area contributed by atoms with Gasteiger partial charge in [-0.05, 0) is 58.1 Å². The third kappa shape index (κ3) is 6.27. The zero-order valence-corrected chi connectivity index (χ0v) is 20.4. The largest absolute Gasteiger partial charge is 0.452 e. The van der Waals surface area contributed by atoms with Crippen LogP contribution in [-0.2, 0) is 14.3 Å². The van der Waals surface area contributed by atoms with Crippen LogP contribution in [0.2, 0.25) is 0 Å². The third-order valence-corrected chi connectivity index (χ3v) is 7.84. The number of hydrogen-bond donors (Lipinski definition) is 0. The minimum Gasteiger partial charge on any atom is -0.452 e. The molecular formula is C25H36N2O4S. The van der Waals surface area contributed by atoms with Gasteiger partial charge in [0.2, 0.25) is 5.91 Å². The Kier molecular flexibility index (Phi) is 9.02. The fraction of sp³-hybridized carbons (Fsp3) is 0.640. The van der Waals surface area contributed by atoms with Crippen molar-refractivity contribution in [1.82, 2.24) is 9.80 Å². The molecule has 0 bridgehead atoms. The van der Waals surface area contributed by atoms with Gasteiger partial charge in [-0.2, -0.15) is 0 Å². The summed E-state index contributed by atoms with van der Waals surface area (Å²) in [5.41, 5.74) is 0.401. The van der Waals surface area contributed by atoms with E-state index in [2.05, 4.69) is 0 Å². The Morgan fingerprint density at radius 3 is 2.34 bits per heavy atom. The van der Waals surface area contributed by atoms with Crippen molar-refractivity contribution in [2.75, 3.05) is 19.4 Å². The number of thioether (sulfide) groups is 1. The van der Waals surface area contributed by atoms with Crippen molar-refractivity contribution in [3.8, 4) is 0 Å². The molecule has 1 aliphatic heterocycles. The summed E-state index contributed by atoms with van der Waals surface area (Å²) in [6.45, 7) is 3.83. The number of piperidine rings is 1. The maximum Gasteiger partial charge on any atom is 0.339 e. The van der Waals surface area contributed by atoms with Crippen molar-refractivity contribution < 1.29 is 19.1 Å². The monoisotopic (exact) mass is 460 g/mol. The Morgan fingerprint density at radius 2 is 1.66 bits per heavy atom. The highest BCUT2D eigenvalue weighted by Gasteiger charge is 2.30. The quantitative estimate of drug-likeness (QED) is 0.442. The first-order valence-electron chi connectivity index (χ1n) is 11.8. The van der Waals surface area contributed by atoms with Crippen LogP contribution in [-0.4, -0.2) is 65.1 Å². The van der Waals surface area contributed by atoms with Gasteiger partial charge in [0, 0.05) is 30.1 Å². The highest BCUT2D eigenvalue weighted by molar-refractivity contribution is 8.00. The molecule has 6 nitrogen and oxygen atoms in total. The molecule has 0 N–H and O–H groups in total. The van der Waals surface area contributed by atoms with E-state index >= 15 is 0 Å². The molecule has 1 aromatic rings. The van der Waals surface area contributed by atoms with E-state index in [9.17, 15) is 14.4 Å². The number of esters is 1. The second-order valence-corrected chi connectivity index (χ2v) is 10.1. The van der Waals surface area contributed by atoms with Crippen molar-refractivity contribution >= 4 is 29.5 Å². The maximum atomic E-state index is 12.7. The van der Waals surface area contributed by atoms with E-state index in [0.29, 0.717) is 16.5 Å². The van der Waals surface area contributed by atoms with Crippen molar-refractivity contribution in [2.24, 2.45) is 0 Å². The molecule has 1 saturated carbocycles. The molecule has 2 unspecified atom stereocenters. The Morgan fingerprint density at radius 1 is 1.00 bits per heavy atom. The van der Waals surface area contributed by atoms with E-state index in [1.165, 1.54) is 31.0 Å². The number of carbonyl (C=O) groups excluding carboxylic acids is 3. The van der Waals surface area contributed by atoms with Crippen LogP contribution < -0.4 is 0 Å². The van der Waals surface area contributed by atoms with Crippen LogP contribution >= 0.6 is 11.8 Å². The molecule has 32 heavy (non-hydrogen) atoms. The number of ether oxygens (including phenoxy) is 1. The van der Waals surface area contributed by atoms with E-state index in [0.717, 1.165) is 32.1 Å². The number of likely N-dealkylation sites (tertiary alicyclic amines) is 1. The van der Waals surface area contributed by atoms with Crippen LogP contribution in [0.1, 0.15) is 75.6 Å². The van der Waals surface area contributed by atoms with Crippen LogP contribution in [0, 0.1) is 0 Å². The molecule has 0 spiro atoms. The summed E-state index contributed by atoms with van der Waals surface area (Å²) in [6.07, 6.45) is 8.82. The highest BCUT2D eigenvalue weighted by atomic mass is 32.2. The van der Waals surface area contributed by atoms with Crippen molar-refractivity contribution in [1.29, 1.82) is 0 Å². The van der Waals surface area contributed by atoms with E-state index in [-0.39, 0.29) is 36.3 Å². The van der Waals surface area contributed by atoms with E-state index in [1.807, 2.05) is 42.8 Å². The molecule has 0 aromatic heterocycles. The lowest BCUT2D eigenvalue weighted by atomic mass is 9.94. The van der Waals surface area contributed by atoms with Gasteiger partial charge in [0.1, 0.15) is 0 Å². The number of nitrogens with zero attached hydrogens (tertiary/aromatic N) is 2. The average molecular weight is 461 g/mol. The van der Waals surface area contributed by atoms with Gasteiger partial charge in [0.15, 0.2) is 6.61 Å². The molecular weight excluding hydrogens is 424 g/mol. The first kappa shape index (κ1) is 24.6. The van der Waals surface area contributed by atoms with E-state index in [4.69, 9.17) is 4.74 Å². The molecule has 1 heterocycles. The zero-order valence-electron chi connectivity index (χ0n) is 19.5. The summed E-state index contributed by atoms with van der Waals surface area (Å²) in [7, 11) is 1.88. The maximum absolute atomic E-state index is 12.7. The Balaban J connectivity index is 1.55. The van der Waals surface area contributed by atoms with Gasteiger partial charge in [0.25, 0.3) is 5.91 Å². The molecule has 7 heteroatoms. The molecule has 1 aliphatic carbocycles. The normalized spacial score (nSPS) is 21.8. The van der Waals surface area contributed by atoms with Gasteiger partial charge >= 0.3 is 5.97 Å². The minimum atomic E-state index is -0.521. The van der Waals surface area contributed by atoms with E-state index < -0.39 is 5.97 Å². The molecule has 3 rings (SSSR count). The summed E-state index contributed by atoms with van der Waals surface area (Å²) in [5, 5.41) is 0. The first-order chi connectivity index (χ1) is 15.4. The second kappa shape index (κ2) is 11.7. The topological polar surface area (TPSA) is 66.9 Å². The summed E-state index contributed by atoms with van der Waals surface area (Å²) < 4.78 is 5.39. The molecule has 2 fully saturated rings. The molecule has 176 valence electrons. The smallest absolute Gasteiger partial charge is 0.339 e. The van der Waals surface area contributed by atoms with Crippen LogP contribution in [0.4, 0.5) is 0 Å². The standard InChI is InChI=1S/C25H36N2O4S/c1-18-10-9-11-19(2)27(18)23(28)16-31-25(30)21-14-7-8-15-22(21)32-17-24(29)26(3)20-12-5-4-6-13-20/h7-8,14-15,18-20H,4-6,9-13,16-17H2,1-3H3. The Labute approximate surface area is 196 Å². The van der Waals surface area contributed by atoms with E-state index in [1.54, 1.807) is 12.1 Å². The van der Waals surface area contributed by atoms with Gasteiger partial charge in [-0.3, -0.25) is 9.59 Å². The summed E-state index contributed by atoms with van der Waals surface area (Å²) in [4.78, 5) is 42.5. The van der Waals surface area contributed by atoms with Crippen molar-refractivity contribution in [3.63, 3.8) is 0 Å². The fourth-order valence-corrected chi connectivity index (χ4v) is 5.83. The van der Waals surface area contributed by atoms with Gasteiger partial charge in [0.05, 0.1) is 11.3 Å². The molecule has 2 amide bonds. The summed E-state index contributed by atoms with van der Waals surface area (Å²) >= 11 is 1.35. The van der Waals surface area contributed by atoms with Gasteiger partial charge in [-0.25, -0.2) is 4.79 Å². The lowest BCUT2D eigenvalue weighted by Gasteiger charge is -2.38. The molecule has 1 aromatic carbocycles. The van der Waals surface area contributed by atoms with Crippen molar-refractivity contribution in [3.05, 3.63) is 29.8 Å². The van der Waals surface area contributed by atoms with Gasteiger partial charge in [-0.15, -0.1) is 11.8 Å². The van der Waals surface area contributed by atoms with Crippen molar-refractivity contribution in [2.45, 2.75) is 88.2 Å². The molecule has 2 atom stereocenters. The summed E-state index contributed by atoms with van der Waals surface area (Å²) in [6, 6.07) is 7.79. The predicted molar refractivity (Wildman–Crippen MR) is 127 cm³/mol. The Hall–Kier alpha value is -2.02. The number of carbonyl (C=O) groups is 3. The molecule has 2 aliphatic rings. The highest BCUT2D eigenvalue weighted by Crippen LogP contribution is 2.27. The number of amides is 2.